The Morgan fingerprint density at radius 3 is 2.90 bits per heavy atom. The molecule has 1 aromatic rings. The highest BCUT2D eigenvalue weighted by atomic mass is 16.2. The first kappa shape index (κ1) is 13.1. The van der Waals surface area contributed by atoms with Gasteiger partial charge >= 0.3 is 0 Å². The lowest BCUT2D eigenvalue weighted by molar-refractivity contribution is -0.115. The zero-order valence-electron chi connectivity index (χ0n) is 11.8. The van der Waals surface area contributed by atoms with Gasteiger partial charge in [0.2, 0.25) is 5.91 Å². The van der Waals surface area contributed by atoms with E-state index in [-0.39, 0.29) is 11.8 Å². The van der Waals surface area contributed by atoms with Gasteiger partial charge < -0.3 is 15.1 Å². The van der Waals surface area contributed by atoms with Crippen LogP contribution in [0.15, 0.2) is 18.2 Å². The normalized spacial score (nSPS) is 22.6. The summed E-state index contributed by atoms with van der Waals surface area (Å²) in [7, 11) is 2.08. The number of rotatable bonds is 1. The molecule has 0 radical (unpaired) electrons. The molecule has 3 rings (SSSR count). The monoisotopic (exact) mass is 273 g/mol. The van der Waals surface area contributed by atoms with Crippen molar-refractivity contribution in [3.05, 3.63) is 29.3 Å². The van der Waals surface area contributed by atoms with Gasteiger partial charge in [-0.15, -0.1) is 0 Å². The molecule has 0 spiro atoms. The van der Waals surface area contributed by atoms with Crippen molar-refractivity contribution in [1.82, 2.24) is 9.80 Å². The second-order valence-corrected chi connectivity index (χ2v) is 5.68. The van der Waals surface area contributed by atoms with E-state index in [1.807, 2.05) is 17.0 Å². The van der Waals surface area contributed by atoms with Gasteiger partial charge in [0.05, 0.1) is 6.42 Å². The third-order valence-corrected chi connectivity index (χ3v) is 4.22. The van der Waals surface area contributed by atoms with Crippen molar-refractivity contribution in [2.24, 2.45) is 0 Å². The van der Waals surface area contributed by atoms with Crippen LogP contribution in [0.2, 0.25) is 0 Å². The van der Waals surface area contributed by atoms with Crippen molar-refractivity contribution >= 4 is 17.5 Å². The van der Waals surface area contributed by atoms with E-state index in [9.17, 15) is 9.59 Å². The number of nitrogens with zero attached hydrogens (tertiary/aromatic N) is 2. The van der Waals surface area contributed by atoms with Crippen molar-refractivity contribution < 1.29 is 9.59 Å². The Morgan fingerprint density at radius 2 is 2.15 bits per heavy atom. The van der Waals surface area contributed by atoms with Gasteiger partial charge in [-0.25, -0.2) is 0 Å². The second kappa shape index (κ2) is 4.90. The van der Waals surface area contributed by atoms with E-state index in [4.69, 9.17) is 0 Å². The van der Waals surface area contributed by atoms with Crippen molar-refractivity contribution in [2.75, 3.05) is 32.0 Å². The molecule has 5 heteroatoms. The summed E-state index contributed by atoms with van der Waals surface area (Å²) in [5.74, 6) is 0.0601. The van der Waals surface area contributed by atoms with Crippen LogP contribution in [0.3, 0.4) is 0 Å². The fraction of sp³-hybridized carbons (Fsp3) is 0.467. The Balaban J connectivity index is 1.78. The van der Waals surface area contributed by atoms with E-state index >= 15 is 0 Å². The number of hydrogen-bond acceptors (Lipinski definition) is 3. The fourth-order valence-corrected chi connectivity index (χ4v) is 2.78. The summed E-state index contributed by atoms with van der Waals surface area (Å²) >= 11 is 0. The molecule has 2 heterocycles. The number of benzene rings is 1. The lowest BCUT2D eigenvalue weighted by Gasteiger charge is -2.37. The molecule has 0 aromatic heterocycles. The van der Waals surface area contributed by atoms with Gasteiger partial charge in [-0.05, 0) is 37.7 Å². The van der Waals surface area contributed by atoms with Crippen molar-refractivity contribution in [1.29, 1.82) is 0 Å². The number of anilines is 1. The molecule has 2 aliphatic rings. The molecule has 0 bridgehead atoms. The summed E-state index contributed by atoms with van der Waals surface area (Å²) in [5.41, 5.74) is 2.43. The Morgan fingerprint density at radius 1 is 1.35 bits per heavy atom. The lowest BCUT2D eigenvalue weighted by Crippen LogP contribution is -2.52. The standard InChI is InChI=1S/C15H19N3O2/c1-10-9-18(6-5-17(10)2)15(20)11-3-4-13-12(7-11)8-14(19)16-13/h3-4,7,10H,5-6,8-9H2,1-2H3,(H,16,19). The Hall–Kier alpha value is -1.88. The molecular formula is C15H19N3O2. The van der Waals surface area contributed by atoms with E-state index in [1.54, 1.807) is 6.07 Å². The number of likely N-dealkylation sites (N-methyl/N-ethyl adjacent to an activating group) is 1. The van der Waals surface area contributed by atoms with Gasteiger partial charge in [0.1, 0.15) is 0 Å². The summed E-state index contributed by atoms with van der Waals surface area (Å²) in [6, 6.07) is 5.85. The van der Waals surface area contributed by atoms with Crippen LogP contribution >= 0.6 is 0 Å². The average molecular weight is 273 g/mol. The summed E-state index contributed by atoms with van der Waals surface area (Å²) in [4.78, 5) is 28.0. The van der Waals surface area contributed by atoms with E-state index in [2.05, 4.69) is 24.2 Å². The van der Waals surface area contributed by atoms with Gasteiger partial charge in [-0.3, -0.25) is 9.59 Å². The van der Waals surface area contributed by atoms with Crippen LogP contribution < -0.4 is 5.32 Å². The minimum absolute atomic E-state index is 0.00202. The summed E-state index contributed by atoms with van der Waals surface area (Å²) in [5, 5.41) is 2.79. The van der Waals surface area contributed by atoms with E-state index < -0.39 is 0 Å². The minimum atomic E-state index is -0.00202. The van der Waals surface area contributed by atoms with Crippen LogP contribution in [0, 0.1) is 0 Å². The van der Waals surface area contributed by atoms with Crippen molar-refractivity contribution in [3.63, 3.8) is 0 Å². The SMILES string of the molecule is CC1CN(C(=O)c2ccc3c(c2)CC(=O)N3)CCN1C. The molecule has 2 amide bonds. The highest BCUT2D eigenvalue weighted by Gasteiger charge is 2.26. The first-order chi connectivity index (χ1) is 9.54. The van der Waals surface area contributed by atoms with Crippen LogP contribution in [0.1, 0.15) is 22.8 Å². The molecule has 1 saturated heterocycles. The molecule has 2 aliphatic heterocycles. The minimum Gasteiger partial charge on any atom is -0.336 e. The highest BCUT2D eigenvalue weighted by molar-refractivity contribution is 6.01. The van der Waals surface area contributed by atoms with Crippen LogP contribution in [-0.4, -0.2) is 54.3 Å². The first-order valence-corrected chi connectivity index (χ1v) is 6.97. The van der Waals surface area contributed by atoms with Crippen LogP contribution in [-0.2, 0) is 11.2 Å². The second-order valence-electron chi connectivity index (χ2n) is 5.68. The number of carbonyl (C=O) groups is 2. The van der Waals surface area contributed by atoms with Gasteiger partial charge in [-0.1, -0.05) is 0 Å². The molecule has 1 atom stereocenters. The predicted octanol–water partition coefficient (Wildman–Crippen LogP) is 0.957. The lowest BCUT2D eigenvalue weighted by atomic mass is 10.1. The van der Waals surface area contributed by atoms with Gasteiger partial charge in [-0.2, -0.15) is 0 Å². The van der Waals surface area contributed by atoms with Gasteiger partial charge in [0.15, 0.2) is 0 Å². The number of piperazine rings is 1. The number of nitrogens with one attached hydrogen (secondary N) is 1. The topological polar surface area (TPSA) is 52.7 Å². The largest absolute Gasteiger partial charge is 0.336 e. The van der Waals surface area contributed by atoms with Crippen LogP contribution in [0.25, 0.3) is 0 Å². The predicted molar refractivity (Wildman–Crippen MR) is 76.8 cm³/mol. The molecule has 0 saturated carbocycles. The zero-order chi connectivity index (χ0) is 14.3. The molecule has 1 fully saturated rings. The van der Waals surface area contributed by atoms with Crippen LogP contribution in [0.5, 0.6) is 0 Å². The van der Waals surface area contributed by atoms with E-state index in [0.717, 1.165) is 30.9 Å². The van der Waals surface area contributed by atoms with E-state index in [1.165, 1.54) is 0 Å². The molecule has 0 aliphatic carbocycles. The molecule has 1 aromatic carbocycles. The molecule has 1 unspecified atom stereocenters. The number of carbonyl (C=O) groups excluding carboxylic acids is 2. The number of amides is 2. The molecule has 106 valence electrons. The Kier molecular flexibility index (Phi) is 3.22. The van der Waals surface area contributed by atoms with Crippen LogP contribution in [0.4, 0.5) is 5.69 Å². The number of hydrogen-bond donors (Lipinski definition) is 1. The molecular weight excluding hydrogens is 254 g/mol. The Bertz CT molecular complexity index is 570. The van der Waals surface area contributed by atoms with Gasteiger partial charge in [0, 0.05) is 36.9 Å². The maximum Gasteiger partial charge on any atom is 0.253 e. The Labute approximate surface area is 118 Å². The fourth-order valence-electron chi connectivity index (χ4n) is 2.78. The molecule has 5 nitrogen and oxygen atoms in total. The maximum absolute atomic E-state index is 12.5. The molecule has 1 N–H and O–H groups in total. The molecule has 20 heavy (non-hydrogen) atoms. The van der Waals surface area contributed by atoms with Crippen molar-refractivity contribution in [3.8, 4) is 0 Å². The summed E-state index contributed by atoms with van der Waals surface area (Å²) in [6.45, 7) is 4.54. The van der Waals surface area contributed by atoms with E-state index in [0.29, 0.717) is 18.0 Å². The maximum atomic E-state index is 12.5. The number of fused-ring (bicyclic) bond motifs is 1. The third-order valence-electron chi connectivity index (χ3n) is 4.22. The first-order valence-electron chi connectivity index (χ1n) is 6.97. The van der Waals surface area contributed by atoms with Crippen molar-refractivity contribution in [2.45, 2.75) is 19.4 Å². The summed E-state index contributed by atoms with van der Waals surface area (Å²) < 4.78 is 0. The highest BCUT2D eigenvalue weighted by Crippen LogP contribution is 2.24. The smallest absolute Gasteiger partial charge is 0.253 e. The third kappa shape index (κ3) is 2.29. The van der Waals surface area contributed by atoms with Gasteiger partial charge in [0.25, 0.3) is 5.91 Å². The zero-order valence-corrected chi connectivity index (χ0v) is 11.8. The summed E-state index contributed by atoms with van der Waals surface area (Å²) in [6.07, 6.45) is 0.371. The average Bonchev–Trinajstić information content (AvgIpc) is 2.80. The quantitative estimate of drug-likeness (QED) is 0.829.